The summed E-state index contributed by atoms with van der Waals surface area (Å²) < 4.78 is 13.2. The Hall–Kier alpha value is -2.03. The van der Waals surface area contributed by atoms with Gasteiger partial charge in [0.2, 0.25) is 0 Å². The third kappa shape index (κ3) is 3.71. The topological polar surface area (TPSA) is 29.3 Å². The lowest BCUT2D eigenvalue weighted by atomic mass is 10.1. The van der Waals surface area contributed by atoms with Crippen LogP contribution in [0.2, 0.25) is 0 Å². The predicted molar refractivity (Wildman–Crippen MR) is 78.6 cm³/mol. The zero-order valence-corrected chi connectivity index (χ0v) is 11.1. The smallest absolute Gasteiger partial charge is 0.123 e. The Kier molecular flexibility index (Phi) is 4.39. The van der Waals surface area contributed by atoms with E-state index >= 15 is 0 Å². The summed E-state index contributed by atoms with van der Waals surface area (Å²) in [5.41, 5.74) is 8.61. The van der Waals surface area contributed by atoms with Crippen LogP contribution in [-0.2, 0) is 6.54 Å². The van der Waals surface area contributed by atoms with Crippen molar-refractivity contribution in [2.75, 3.05) is 17.2 Å². The summed E-state index contributed by atoms with van der Waals surface area (Å²) in [7, 11) is 0. The molecule has 2 N–H and O–H groups in total. The highest BCUT2D eigenvalue weighted by molar-refractivity contribution is 5.56. The molecule has 0 amide bonds. The fourth-order valence-electron chi connectivity index (χ4n) is 2.15. The van der Waals surface area contributed by atoms with E-state index in [1.54, 1.807) is 12.1 Å². The van der Waals surface area contributed by atoms with Crippen molar-refractivity contribution in [3.05, 3.63) is 59.9 Å². The van der Waals surface area contributed by atoms with Gasteiger partial charge in [0.25, 0.3) is 0 Å². The monoisotopic (exact) mass is 258 g/mol. The van der Waals surface area contributed by atoms with Gasteiger partial charge in [0.15, 0.2) is 0 Å². The molecule has 0 bridgehead atoms. The molecule has 2 rings (SSSR count). The van der Waals surface area contributed by atoms with Gasteiger partial charge in [-0.2, -0.15) is 0 Å². The van der Waals surface area contributed by atoms with Gasteiger partial charge in [-0.25, -0.2) is 4.39 Å². The molecule has 2 aromatic rings. The summed E-state index contributed by atoms with van der Waals surface area (Å²) in [5, 5.41) is 0. The molecule has 0 aromatic heterocycles. The van der Waals surface area contributed by atoms with E-state index < -0.39 is 0 Å². The Morgan fingerprint density at radius 3 is 2.58 bits per heavy atom. The zero-order chi connectivity index (χ0) is 13.7. The first-order valence-corrected chi connectivity index (χ1v) is 6.54. The lowest BCUT2D eigenvalue weighted by Crippen LogP contribution is -2.23. The minimum absolute atomic E-state index is 0.193. The van der Waals surface area contributed by atoms with Crippen LogP contribution in [-0.4, -0.2) is 6.54 Å². The maximum Gasteiger partial charge on any atom is 0.123 e. The molecule has 0 saturated carbocycles. The number of rotatable bonds is 5. The molecule has 0 aliphatic rings. The van der Waals surface area contributed by atoms with E-state index in [1.165, 1.54) is 6.07 Å². The molecule has 0 radical (unpaired) electrons. The molecule has 3 heteroatoms. The van der Waals surface area contributed by atoms with Gasteiger partial charge in [-0.3, -0.25) is 0 Å². The molecule has 0 saturated heterocycles. The van der Waals surface area contributed by atoms with E-state index in [2.05, 4.69) is 11.8 Å². The Bertz CT molecular complexity index is 540. The van der Waals surface area contributed by atoms with Crippen LogP contribution in [0.4, 0.5) is 15.8 Å². The van der Waals surface area contributed by atoms with Crippen LogP contribution >= 0.6 is 0 Å². The van der Waals surface area contributed by atoms with Gasteiger partial charge in [-0.05, 0) is 42.3 Å². The molecule has 0 spiro atoms. The van der Waals surface area contributed by atoms with E-state index in [1.807, 2.05) is 30.3 Å². The van der Waals surface area contributed by atoms with Crippen molar-refractivity contribution in [3.63, 3.8) is 0 Å². The summed E-state index contributed by atoms with van der Waals surface area (Å²) >= 11 is 0. The molecular formula is C16H19FN2. The minimum Gasteiger partial charge on any atom is -0.399 e. The number of benzene rings is 2. The van der Waals surface area contributed by atoms with E-state index in [0.717, 1.165) is 29.9 Å². The molecular weight excluding hydrogens is 239 g/mol. The Morgan fingerprint density at radius 2 is 1.89 bits per heavy atom. The highest BCUT2D eigenvalue weighted by atomic mass is 19.1. The molecule has 19 heavy (non-hydrogen) atoms. The maximum absolute atomic E-state index is 13.2. The molecule has 0 atom stereocenters. The van der Waals surface area contributed by atoms with E-state index in [-0.39, 0.29) is 5.82 Å². The second-order valence-electron chi connectivity index (χ2n) is 4.65. The maximum atomic E-state index is 13.2. The van der Waals surface area contributed by atoms with E-state index in [4.69, 9.17) is 5.73 Å². The quantitative estimate of drug-likeness (QED) is 0.826. The van der Waals surface area contributed by atoms with Crippen molar-refractivity contribution in [3.8, 4) is 0 Å². The van der Waals surface area contributed by atoms with Gasteiger partial charge in [0, 0.05) is 24.5 Å². The van der Waals surface area contributed by atoms with Crippen molar-refractivity contribution >= 4 is 11.4 Å². The highest BCUT2D eigenvalue weighted by Crippen LogP contribution is 2.20. The summed E-state index contributed by atoms with van der Waals surface area (Å²) in [6, 6.07) is 14.5. The van der Waals surface area contributed by atoms with Gasteiger partial charge in [-0.1, -0.05) is 25.1 Å². The number of nitrogen functional groups attached to an aromatic ring is 1. The molecule has 100 valence electrons. The zero-order valence-electron chi connectivity index (χ0n) is 11.1. The third-order valence-corrected chi connectivity index (χ3v) is 2.99. The van der Waals surface area contributed by atoms with E-state index in [0.29, 0.717) is 6.54 Å². The normalized spacial score (nSPS) is 10.4. The fourth-order valence-corrected chi connectivity index (χ4v) is 2.15. The predicted octanol–water partition coefficient (Wildman–Crippen LogP) is 3.82. The van der Waals surface area contributed by atoms with Crippen molar-refractivity contribution in [2.24, 2.45) is 0 Å². The van der Waals surface area contributed by atoms with Crippen LogP contribution in [0.3, 0.4) is 0 Å². The summed E-state index contributed by atoms with van der Waals surface area (Å²) in [6.07, 6.45) is 1.03. The lowest BCUT2D eigenvalue weighted by molar-refractivity contribution is 0.624. The SMILES string of the molecule is CCCN(Cc1cccc(F)c1)c1cccc(N)c1. The first-order chi connectivity index (χ1) is 9.19. The van der Waals surface area contributed by atoms with Gasteiger partial charge < -0.3 is 10.6 Å². The van der Waals surface area contributed by atoms with Crippen LogP contribution < -0.4 is 10.6 Å². The van der Waals surface area contributed by atoms with Gasteiger partial charge in [0.05, 0.1) is 0 Å². The molecule has 2 nitrogen and oxygen atoms in total. The van der Waals surface area contributed by atoms with Crippen LogP contribution in [0, 0.1) is 5.82 Å². The van der Waals surface area contributed by atoms with Crippen LogP contribution in [0.15, 0.2) is 48.5 Å². The van der Waals surface area contributed by atoms with Gasteiger partial charge in [-0.15, -0.1) is 0 Å². The molecule has 0 aliphatic heterocycles. The molecule has 0 heterocycles. The Labute approximate surface area is 113 Å². The molecule has 2 aromatic carbocycles. The number of hydrogen-bond donors (Lipinski definition) is 1. The van der Waals surface area contributed by atoms with E-state index in [9.17, 15) is 4.39 Å². The summed E-state index contributed by atoms with van der Waals surface area (Å²) in [6.45, 7) is 3.74. The number of anilines is 2. The number of halogens is 1. The molecule has 0 unspecified atom stereocenters. The third-order valence-electron chi connectivity index (χ3n) is 2.99. The number of hydrogen-bond acceptors (Lipinski definition) is 2. The average Bonchev–Trinajstić information content (AvgIpc) is 2.38. The Morgan fingerprint density at radius 1 is 1.11 bits per heavy atom. The van der Waals surface area contributed by atoms with Crippen molar-refractivity contribution in [1.82, 2.24) is 0 Å². The van der Waals surface area contributed by atoms with Crippen LogP contribution in [0.1, 0.15) is 18.9 Å². The first kappa shape index (κ1) is 13.4. The van der Waals surface area contributed by atoms with Gasteiger partial charge in [0.1, 0.15) is 5.82 Å². The van der Waals surface area contributed by atoms with Crippen LogP contribution in [0.5, 0.6) is 0 Å². The first-order valence-electron chi connectivity index (χ1n) is 6.54. The number of nitrogens with zero attached hydrogens (tertiary/aromatic N) is 1. The standard InChI is InChI=1S/C16H19FN2/c1-2-9-19(16-8-4-7-15(18)11-16)12-13-5-3-6-14(17)10-13/h3-8,10-11H,2,9,12,18H2,1H3. The van der Waals surface area contributed by atoms with Crippen molar-refractivity contribution in [2.45, 2.75) is 19.9 Å². The largest absolute Gasteiger partial charge is 0.399 e. The van der Waals surface area contributed by atoms with Crippen molar-refractivity contribution in [1.29, 1.82) is 0 Å². The molecule has 0 aliphatic carbocycles. The second-order valence-corrected chi connectivity index (χ2v) is 4.65. The average molecular weight is 258 g/mol. The van der Waals surface area contributed by atoms with Crippen LogP contribution in [0.25, 0.3) is 0 Å². The number of nitrogens with two attached hydrogens (primary N) is 1. The van der Waals surface area contributed by atoms with Crippen molar-refractivity contribution < 1.29 is 4.39 Å². The highest BCUT2D eigenvalue weighted by Gasteiger charge is 2.07. The lowest BCUT2D eigenvalue weighted by Gasteiger charge is -2.24. The molecule has 0 fully saturated rings. The minimum atomic E-state index is -0.193. The summed E-state index contributed by atoms with van der Waals surface area (Å²) in [5.74, 6) is -0.193. The summed E-state index contributed by atoms with van der Waals surface area (Å²) in [4.78, 5) is 2.21. The fraction of sp³-hybridized carbons (Fsp3) is 0.250. The Balaban J connectivity index is 2.21. The van der Waals surface area contributed by atoms with Gasteiger partial charge >= 0.3 is 0 Å². The second kappa shape index (κ2) is 6.23.